The van der Waals surface area contributed by atoms with Crippen molar-refractivity contribution < 1.29 is 17.6 Å². The Morgan fingerprint density at radius 3 is 2.42 bits per heavy atom. The fraction of sp³-hybridized carbons (Fsp3) is 0.211. The summed E-state index contributed by atoms with van der Waals surface area (Å²) in [5.74, 6) is -0.395. The topological polar surface area (TPSA) is 66.5 Å². The van der Waals surface area contributed by atoms with E-state index >= 15 is 0 Å². The molecule has 0 radical (unpaired) electrons. The molecule has 0 spiro atoms. The van der Waals surface area contributed by atoms with Crippen LogP contribution in [0.4, 0.5) is 10.1 Å². The number of nitrogens with zero attached hydrogens (tertiary/aromatic N) is 1. The molecule has 1 fully saturated rings. The molecule has 1 saturated heterocycles. The molecule has 26 heavy (non-hydrogen) atoms. The van der Waals surface area contributed by atoms with Gasteiger partial charge in [-0.2, -0.15) is 0 Å². The van der Waals surface area contributed by atoms with Gasteiger partial charge >= 0.3 is 0 Å². The smallest absolute Gasteiger partial charge is 0.244 e. The van der Waals surface area contributed by atoms with E-state index in [1.54, 1.807) is 42.5 Å². The van der Waals surface area contributed by atoms with Gasteiger partial charge in [-0.05, 0) is 47.9 Å². The summed E-state index contributed by atoms with van der Waals surface area (Å²) in [5.41, 5.74) is 2.24. The van der Waals surface area contributed by atoms with Crippen LogP contribution in [-0.4, -0.2) is 26.6 Å². The van der Waals surface area contributed by atoms with Crippen LogP contribution in [0.15, 0.2) is 54.6 Å². The van der Waals surface area contributed by atoms with Crippen LogP contribution in [0.2, 0.25) is 0 Å². The number of amides is 1. The molecule has 1 aliphatic rings. The van der Waals surface area contributed by atoms with E-state index in [0.717, 1.165) is 11.1 Å². The van der Waals surface area contributed by atoms with Gasteiger partial charge in [-0.15, -0.1) is 0 Å². The third-order valence-electron chi connectivity index (χ3n) is 4.09. The minimum atomic E-state index is -3.19. The van der Waals surface area contributed by atoms with Gasteiger partial charge in [0.2, 0.25) is 15.9 Å². The van der Waals surface area contributed by atoms with E-state index in [0.29, 0.717) is 25.2 Å². The van der Waals surface area contributed by atoms with Crippen molar-refractivity contribution in [2.45, 2.75) is 13.0 Å². The predicted octanol–water partition coefficient (Wildman–Crippen LogP) is 2.70. The lowest BCUT2D eigenvalue weighted by Gasteiger charge is -2.16. The highest BCUT2D eigenvalue weighted by Gasteiger charge is 2.28. The number of carbonyl (C=O) groups is 1. The maximum atomic E-state index is 12.8. The van der Waals surface area contributed by atoms with Gasteiger partial charge in [0.05, 0.1) is 11.4 Å². The van der Waals surface area contributed by atoms with Gasteiger partial charge in [0.15, 0.2) is 0 Å². The monoisotopic (exact) mass is 374 g/mol. The Morgan fingerprint density at radius 1 is 1.12 bits per heavy atom. The number of hydrogen-bond acceptors (Lipinski definition) is 3. The van der Waals surface area contributed by atoms with Crippen LogP contribution in [0.25, 0.3) is 6.08 Å². The molecule has 0 atom stereocenters. The fourth-order valence-corrected chi connectivity index (χ4v) is 4.27. The van der Waals surface area contributed by atoms with Crippen molar-refractivity contribution in [2.24, 2.45) is 0 Å². The van der Waals surface area contributed by atoms with Gasteiger partial charge in [-0.1, -0.05) is 24.3 Å². The Balaban J connectivity index is 1.56. The lowest BCUT2D eigenvalue weighted by atomic mass is 10.2. The lowest BCUT2D eigenvalue weighted by molar-refractivity contribution is -0.116. The van der Waals surface area contributed by atoms with Crippen molar-refractivity contribution in [1.29, 1.82) is 0 Å². The Morgan fingerprint density at radius 2 is 1.81 bits per heavy atom. The minimum Gasteiger partial charge on any atom is -0.348 e. The van der Waals surface area contributed by atoms with Crippen LogP contribution in [0.1, 0.15) is 17.5 Å². The van der Waals surface area contributed by atoms with Crippen LogP contribution in [-0.2, 0) is 21.4 Å². The molecule has 136 valence electrons. The molecule has 1 heterocycles. The Kier molecular flexibility index (Phi) is 5.37. The van der Waals surface area contributed by atoms with Gasteiger partial charge < -0.3 is 5.32 Å². The third-order valence-corrected chi connectivity index (χ3v) is 5.96. The molecule has 0 bridgehead atoms. The second kappa shape index (κ2) is 7.70. The lowest BCUT2D eigenvalue weighted by Crippen LogP contribution is -2.24. The van der Waals surface area contributed by atoms with Crippen LogP contribution < -0.4 is 9.62 Å². The zero-order valence-electron chi connectivity index (χ0n) is 14.1. The summed E-state index contributed by atoms with van der Waals surface area (Å²) in [6.45, 7) is 0.818. The summed E-state index contributed by atoms with van der Waals surface area (Å²) in [7, 11) is -3.19. The summed E-state index contributed by atoms with van der Waals surface area (Å²) in [5, 5.41) is 2.72. The molecule has 7 heteroatoms. The second-order valence-corrected chi connectivity index (χ2v) is 8.02. The highest BCUT2D eigenvalue weighted by atomic mass is 32.2. The number of halogens is 1. The van der Waals surface area contributed by atoms with E-state index in [4.69, 9.17) is 0 Å². The predicted molar refractivity (Wildman–Crippen MR) is 99.5 cm³/mol. The number of nitrogens with one attached hydrogen (secondary N) is 1. The number of carbonyl (C=O) groups excluding carboxylic acids is 1. The molecule has 5 nitrogen and oxygen atoms in total. The van der Waals surface area contributed by atoms with E-state index in [2.05, 4.69) is 5.32 Å². The number of benzene rings is 2. The quantitative estimate of drug-likeness (QED) is 0.819. The van der Waals surface area contributed by atoms with Crippen molar-refractivity contribution in [2.75, 3.05) is 16.6 Å². The van der Waals surface area contributed by atoms with Gasteiger partial charge in [-0.25, -0.2) is 12.8 Å². The first kappa shape index (κ1) is 18.1. The standard InChI is InChI=1S/C19H19FN2O3S/c20-17-7-2-16(3-8-17)14-21-19(23)11-6-15-4-9-18(10-5-15)22-12-1-13-26(22,24)25/h2-11H,1,12-14H2,(H,21,23)/b11-6+. The highest BCUT2D eigenvalue weighted by molar-refractivity contribution is 7.93. The second-order valence-electron chi connectivity index (χ2n) is 6.01. The largest absolute Gasteiger partial charge is 0.348 e. The number of rotatable bonds is 5. The highest BCUT2D eigenvalue weighted by Crippen LogP contribution is 2.24. The summed E-state index contributed by atoms with van der Waals surface area (Å²) in [6.07, 6.45) is 3.70. The van der Waals surface area contributed by atoms with Gasteiger partial charge in [0.25, 0.3) is 0 Å². The molecule has 0 saturated carbocycles. The van der Waals surface area contributed by atoms with Crippen molar-refractivity contribution >= 4 is 27.7 Å². The van der Waals surface area contributed by atoms with Gasteiger partial charge in [-0.3, -0.25) is 9.10 Å². The van der Waals surface area contributed by atoms with Crippen LogP contribution >= 0.6 is 0 Å². The molecule has 2 aromatic rings. The summed E-state index contributed by atoms with van der Waals surface area (Å²) in [6, 6.07) is 12.9. The van der Waals surface area contributed by atoms with Crippen LogP contribution in [0, 0.1) is 5.82 Å². The summed E-state index contributed by atoms with van der Waals surface area (Å²) >= 11 is 0. The van der Waals surface area contributed by atoms with Gasteiger partial charge in [0.1, 0.15) is 5.82 Å². The molecule has 1 aliphatic heterocycles. The number of anilines is 1. The fourth-order valence-electron chi connectivity index (χ4n) is 2.70. The molecule has 1 amide bonds. The minimum absolute atomic E-state index is 0.183. The average molecular weight is 374 g/mol. The Hall–Kier alpha value is -2.67. The average Bonchev–Trinajstić information content (AvgIpc) is 2.99. The normalized spacial score (nSPS) is 16.1. The van der Waals surface area contributed by atoms with E-state index in [1.165, 1.54) is 22.5 Å². The van der Waals surface area contributed by atoms with E-state index in [9.17, 15) is 17.6 Å². The van der Waals surface area contributed by atoms with Crippen LogP contribution in [0.5, 0.6) is 0 Å². The molecule has 2 aromatic carbocycles. The first-order valence-corrected chi connectivity index (χ1v) is 9.86. The zero-order valence-corrected chi connectivity index (χ0v) is 14.9. The van der Waals surface area contributed by atoms with Gasteiger partial charge in [0, 0.05) is 19.2 Å². The third kappa shape index (κ3) is 4.49. The summed E-state index contributed by atoms with van der Waals surface area (Å²) < 4.78 is 38.1. The number of hydrogen-bond donors (Lipinski definition) is 1. The summed E-state index contributed by atoms with van der Waals surface area (Å²) in [4.78, 5) is 11.9. The zero-order chi connectivity index (χ0) is 18.6. The molecule has 0 aliphatic carbocycles. The van der Waals surface area contributed by atoms with Crippen LogP contribution in [0.3, 0.4) is 0 Å². The Bertz CT molecular complexity index is 907. The van der Waals surface area contributed by atoms with E-state index in [-0.39, 0.29) is 17.5 Å². The molecule has 0 unspecified atom stereocenters. The SMILES string of the molecule is O=C(/C=C/c1ccc(N2CCCS2(=O)=O)cc1)NCc1ccc(F)cc1. The maximum absolute atomic E-state index is 12.8. The number of sulfonamides is 1. The Labute approximate surface area is 152 Å². The van der Waals surface area contributed by atoms with Crippen molar-refractivity contribution in [3.05, 3.63) is 71.6 Å². The first-order chi connectivity index (χ1) is 12.4. The van der Waals surface area contributed by atoms with Crippen molar-refractivity contribution in [1.82, 2.24) is 5.32 Å². The molecular weight excluding hydrogens is 355 g/mol. The maximum Gasteiger partial charge on any atom is 0.244 e. The molecule has 0 aromatic heterocycles. The van der Waals surface area contributed by atoms with Crippen molar-refractivity contribution in [3.63, 3.8) is 0 Å². The van der Waals surface area contributed by atoms with Crippen molar-refractivity contribution in [3.8, 4) is 0 Å². The first-order valence-electron chi connectivity index (χ1n) is 8.25. The molecule has 3 rings (SSSR count). The van der Waals surface area contributed by atoms with E-state index < -0.39 is 10.0 Å². The van der Waals surface area contributed by atoms with E-state index in [1.807, 2.05) is 0 Å². The molecular formula is C19H19FN2O3S. The molecule has 1 N–H and O–H groups in total.